The lowest BCUT2D eigenvalue weighted by atomic mass is 10.1. The lowest BCUT2D eigenvalue weighted by Gasteiger charge is -2.14. The van der Waals surface area contributed by atoms with Gasteiger partial charge in [-0.1, -0.05) is 6.92 Å². The molecule has 6 nitrogen and oxygen atoms in total. The Bertz CT molecular complexity index is 388. The van der Waals surface area contributed by atoms with Gasteiger partial charge >= 0.3 is 0 Å². The molecule has 0 fully saturated rings. The molecular weight excluding hydrogens is 228 g/mol. The van der Waals surface area contributed by atoms with Crippen molar-refractivity contribution in [1.29, 1.82) is 0 Å². The number of hydrogen-bond acceptors (Lipinski definition) is 5. The number of nitrogens with one attached hydrogen (secondary N) is 2. The molecule has 1 rings (SSSR count). The van der Waals surface area contributed by atoms with E-state index in [1.165, 1.54) is 12.6 Å². The van der Waals surface area contributed by atoms with Gasteiger partial charge < -0.3 is 5.32 Å². The SMILES string of the molecule is CCNC(CCCS(C)(=O)=O)c1ncn[nH]1. The van der Waals surface area contributed by atoms with Gasteiger partial charge in [-0.05, 0) is 19.4 Å². The second kappa shape index (κ2) is 5.95. The van der Waals surface area contributed by atoms with Crippen molar-refractivity contribution in [3.63, 3.8) is 0 Å². The van der Waals surface area contributed by atoms with Crippen molar-refractivity contribution in [3.8, 4) is 0 Å². The first-order valence-corrected chi connectivity index (χ1v) is 7.35. The standard InChI is InChI=1S/C9H18N4O2S/c1-3-10-8(9-11-7-12-13-9)5-4-6-16(2,14)15/h7-8,10H,3-6H2,1-2H3,(H,11,12,13). The van der Waals surface area contributed by atoms with Crippen molar-refractivity contribution in [3.05, 3.63) is 12.2 Å². The average molecular weight is 246 g/mol. The minimum Gasteiger partial charge on any atom is -0.308 e. The van der Waals surface area contributed by atoms with Crippen LogP contribution in [0.25, 0.3) is 0 Å². The predicted octanol–water partition coefficient (Wildman–Crippen LogP) is 0.280. The monoisotopic (exact) mass is 246 g/mol. The second-order valence-electron chi connectivity index (χ2n) is 3.75. The molecule has 16 heavy (non-hydrogen) atoms. The molecule has 1 aromatic rings. The molecule has 1 aromatic heterocycles. The Labute approximate surface area is 95.8 Å². The molecule has 0 spiro atoms. The third-order valence-corrected chi connectivity index (χ3v) is 3.25. The Balaban J connectivity index is 2.47. The summed E-state index contributed by atoms with van der Waals surface area (Å²) in [6.07, 6.45) is 4.06. The number of hydrogen-bond donors (Lipinski definition) is 2. The fourth-order valence-corrected chi connectivity index (χ4v) is 2.21. The minimum absolute atomic E-state index is 0.0502. The van der Waals surface area contributed by atoms with Gasteiger partial charge in [-0.15, -0.1) is 0 Å². The summed E-state index contributed by atoms with van der Waals surface area (Å²) in [7, 11) is -2.88. The van der Waals surface area contributed by atoms with Gasteiger partial charge in [0.1, 0.15) is 22.0 Å². The second-order valence-corrected chi connectivity index (χ2v) is 6.01. The van der Waals surface area contributed by atoms with Crippen LogP contribution in [0.15, 0.2) is 6.33 Å². The summed E-state index contributed by atoms with van der Waals surface area (Å²) in [6, 6.07) is 0.0502. The maximum absolute atomic E-state index is 11.0. The van der Waals surface area contributed by atoms with Gasteiger partial charge in [-0.25, -0.2) is 13.4 Å². The van der Waals surface area contributed by atoms with E-state index in [4.69, 9.17) is 0 Å². The highest BCUT2D eigenvalue weighted by atomic mass is 32.2. The summed E-state index contributed by atoms with van der Waals surface area (Å²) in [5.41, 5.74) is 0. The van der Waals surface area contributed by atoms with E-state index in [0.29, 0.717) is 6.42 Å². The van der Waals surface area contributed by atoms with E-state index >= 15 is 0 Å². The van der Waals surface area contributed by atoms with Gasteiger partial charge in [0.15, 0.2) is 0 Å². The van der Waals surface area contributed by atoms with Gasteiger partial charge in [-0.3, -0.25) is 5.10 Å². The number of sulfone groups is 1. The topological polar surface area (TPSA) is 87.7 Å². The quantitative estimate of drug-likeness (QED) is 0.721. The summed E-state index contributed by atoms with van der Waals surface area (Å²) in [6.45, 7) is 2.81. The van der Waals surface area contributed by atoms with Crippen molar-refractivity contribution in [2.75, 3.05) is 18.6 Å². The summed E-state index contributed by atoms with van der Waals surface area (Å²) < 4.78 is 22.0. The van der Waals surface area contributed by atoms with Crippen LogP contribution in [0.4, 0.5) is 0 Å². The normalized spacial score (nSPS) is 13.9. The molecule has 1 heterocycles. The zero-order chi connectivity index (χ0) is 12.0. The average Bonchev–Trinajstić information content (AvgIpc) is 2.67. The van der Waals surface area contributed by atoms with Crippen LogP contribution in [0, 0.1) is 0 Å². The molecule has 92 valence electrons. The number of nitrogens with zero attached hydrogens (tertiary/aromatic N) is 2. The van der Waals surface area contributed by atoms with Crippen LogP contribution in [-0.2, 0) is 9.84 Å². The first-order valence-electron chi connectivity index (χ1n) is 5.29. The van der Waals surface area contributed by atoms with Crippen molar-refractivity contribution < 1.29 is 8.42 Å². The van der Waals surface area contributed by atoms with Crippen molar-refractivity contribution in [1.82, 2.24) is 20.5 Å². The highest BCUT2D eigenvalue weighted by Gasteiger charge is 2.13. The van der Waals surface area contributed by atoms with E-state index in [2.05, 4.69) is 20.5 Å². The van der Waals surface area contributed by atoms with Gasteiger partial charge in [-0.2, -0.15) is 5.10 Å². The molecule has 1 unspecified atom stereocenters. The molecule has 0 radical (unpaired) electrons. The Morgan fingerprint density at radius 3 is 2.81 bits per heavy atom. The third kappa shape index (κ3) is 4.71. The predicted molar refractivity (Wildman–Crippen MR) is 61.7 cm³/mol. The lowest BCUT2D eigenvalue weighted by molar-refractivity contribution is 0.485. The van der Waals surface area contributed by atoms with E-state index in [1.807, 2.05) is 6.92 Å². The van der Waals surface area contributed by atoms with E-state index in [0.717, 1.165) is 18.8 Å². The van der Waals surface area contributed by atoms with Crippen LogP contribution in [-0.4, -0.2) is 42.2 Å². The Kier molecular flexibility index (Phi) is 4.88. The van der Waals surface area contributed by atoms with Crippen LogP contribution < -0.4 is 5.32 Å². The highest BCUT2D eigenvalue weighted by molar-refractivity contribution is 7.90. The van der Waals surface area contributed by atoms with Crippen LogP contribution >= 0.6 is 0 Å². The van der Waals surface area contributed by atoms with Crippen LogP contribution in [0.1, 0.15) is 31.6 Å². The van der Waals surface area contributed by atoms with E-state index in [9.17, 15) is 8.42 Å². The van der Waals surface area contributed by atoms with Gasteiger partial charge in [0.05, 0.1) is 6.04 Å². The molecule has 0 bridgehead atoms. The summed E-state index contributed by atoms with van der Waals surface area (Å²) in [5.74, 6) is 0.971. The van der Waals surface area contributed by atoms with Gasteiger partial charge in [0.25, 0.3) is 0 Å². The Morgan fingerprint density at radius 2 is 2.31 bits per heavy atom. The molecule has 0 aliphatic rings. The zero-order valence-corrected chi connectivity index (χ0v) is 10.4. The summed E-state index contributed by atoms with van der Waals surface area (Å²) >= 11 is 0. The van der Waals surface area contributed by atoms with Crippen LogP contribution in [0.5, 0.6) is 0 Å². The van der Waals surface area contributed by atoms with Crippen LogP contribution in [0.3, 0.4) is 0 Å². The molecular formula is C9H18N4O2S. The van der Waals surface area contributed by atoms with Gasteiger partial charge in [0.2, 0.25) is 0 Å². The molecule has 0 aliphatic carbocycles. The number of aromatic amines is 1. The maximum Gasteiger partial charge on any atom is 0.147 e. The lowest BCUT2D eigenvalue weighted by Crippen LogP contribution is -2.22. The minimum atomic E-state index is -2.88. The number of H-pyrrole nitrogens is 1. The molecule has 7 heteroatoms. The maximum atomic E-state index is 11.0. The first kappa shape index (κ1) is 13.1. The number of aromatic nitrogens is 3. The van der Waals surface area contributed by atoms with E-state index < -0.39 is 9.84 Å². The molecule has 0 saturated heterocycles. The fourth-order valence-electron chi connectivity index (χ4n) is 1.51. The molecule has 1 atom stereocenters. The fraction of sp³-hybridized carbons (Fsp3) is 0.778. The Morgan fingerprint density at radius 1 is 1.56 bits per heavy atom. The molecule has 0 aliphatic heterocycles. The number of rotatable bonds is 7. The van der Waals surface area contributed by atoms with E-state index in [-0.39, 0.29) is 11.8 Å². The van der Waals surface area contributed by atoms with Gasteiger partial charge in [0, 0.05) is 12.0 Å². The van der Waals surface area contributed by atoms with E-state index in [1.54, 1.807) is 0 Å². The summed E-state index contributed by atoms with van der Waals surface area (Å²) in [5, 5.41) is 9.83. The molecule has 0 amide bonds. The first-order chi connectivity index (χ1) is 7.53. The molecule has 0 aromatic carbocycles. The largest absolute Gasteiger partial charge is 0.308 e. The third-order valence-electron chi connectivity index (χ3n) is 2.22. The van der Waals surface area contributed by atoms with Crippen molar-refractivity contribution in [2.45, 2.75) is 25.8 Å². The van der Waals surface area contributed by atoms with Crippen molar-refractivity contribution >= 4 is 9.84 Å². The molecule has 0 saturated carbocycles. The van der Waals surface area contributed by atoms with Crippen molar-refractivity contribution in [2.24, 2.45) is 0 Å². The molecule has 2 N–H and O–H groups in total. The summed E-state index contributed by atoms with van der Waals surface area (Å²) in [4.78, 5) is 4.07. The smallest absolute Gasteiger partial charge is 0.147 e. The highest BCUT2D eigenvalue weighted by Crippen LogP contribution is 2.13. The van der Waals surface area contributed by atoms with Crippen LogP contribution in [0.2, 0.25) is 0 Å². The Hall–Kier alpha value is -0.950. The zero-order valence-electron chi connectivity index (χ0n) is 9.60.